The molecule has 2 rings (SSSR count). The number of hydroxylamine groups is 2. The molecule has 6 nitrogen and oxygen atoms in total. The normalized spacial score (nSPS) is 22.1. The zero-order valence-corrected chi connectivity index (χ0v) is 10.1. The first-order valence-electron chi connectivity index (χ1n) is 5.47. The van der Waals surface area contributed by atoms with E-state index in [0.717, 1.165) is 0 Å². The molecule has 1 aromatic heterocycles. The molecule has 0 radical (unpaired) electrons. The minimum absolute atomic E-state index is 0.0692. The monoisotopic (exact) mass is 247 g/mol. The molecule has 2 heterocycles. The van der Waals surface area contributed by atoms with Gasteiger partial charge in [0.15, 0.2) is 5.70 Å². The molecule has 0 fully saturated rings. The van der Waals surface area contributed by atoms with Gasteiger partial charge in [-0.05, 0) is 26.0 Å². The lowest BCUT2D eigenvalue weighted by molar-refractivity contribution is -0.820. The van der Waals surface area contributed by atoms with Crippen molar-refractivity contribution >= 4 is 5.70 Å². The fourth-order valence-corrected chi connectivity index (χ4v) is 1.86. The van der Waals surface area contributed by atoms with Crippen LogP contribution in [0.2, 0.25) is 0 Å². The summed E-state index contributed by atoms with van der Waals surface area (Å²) >= 11 is 0. The van der Waals surface area contributed by atoms with E-state index in [4.69, 9.17) is 0 Å². The molecule has 1 aliphatic rings. The number of allylic oxidation sites excluding steroid dienone is 1. The quantitative estimate of drug-likeness (QED) is 0.475. The molecule has 0 bridgehead atoms. The van der Waals surface area contributed by atoms with Crippen LogP contribution in [0.25, 0.3) is 5.70 Å². The number of nitrogens with zero attached hydrogens (tertiary/aromatic N) is 2. The zero-order chi connectivity index (χ0) is 13.3. The molecule has 0 amide bonds. The van der Waals surface area contributed by atoms with Crippen LogP contribution in [0.1, 0.15) is 19.5 Å². The third kappa shape index (κ3) is 2.15. The topological polar surface area (TPSA) is 83.5 Å². The minimum atomic E-state index is -0.885. The highest BCUT2D eigenvalue weighted by molar-refractivity contribution is 5.59. The van der Waals surface area contributed by atoms with Gasteiger partial charge in [0.05, 0.1) is 17.1 Å². The molecule has 1 aromatic rings. The summed E-state index contributed by atoms with van der Waals surface area (Å²) < 4.78 is 0. The summed E-state index contributed by atoms with van der Waals surface area (Å²) in [6, 6.07) is 5.14. The predicted molar refractivity (Wildman–Crippen MR) is 65.7 cm³/mol. The average Bonchev–Trinajstić information content (AvgIpc) is 2.33. The van der Waals surface area contributed by atoms with E-state index < -0.39 is 10.5 Å². The van der Waals surface area contributed by atoms with Crippen molar-refractivity contribution in [1.29, 1.82) is 0 Å². The Hall–Kier alpha value is -2.05. The van der Waals surface area contributed by atoms with E-state index in [1.54, 1.807) is 38.2 Å². The summed E-state index contributed by atoms with van der Waals surface area (Å²) in [5.74, 6) is 0. The highest BCUT2D eigenvalue weighted by Crippen LogP contribution is 2.18. The van der Waals surface area contributed by atoms with E-state index in [0.29, 0.717) is 5.69 Å². The third-order valence-corrected chi connectivity index (χ3v) is 2.78. The molecule has 0 aliphatic carbocycles. The van der Waals surface area contributed by atoms with Crippen molar-refractivity contribution in [3.05, 3.63) is 63.3 Å². The van der Waals surface area contributed by atoms with Crippen molar-refractivity contribution in [2.45, 2.75) is 19.4 Å². The standard InChI is InChI=1S/C12H13N3O3/c1-12(2)8-9(15(17)18)7-11(14(12)16)10-5-3-4-6-13-10/h3-8,14H,1-2H3. The molecule has 0 saturated carbocycles. The number of pyridine rings is 1. The Balaban J connectivity index is 2.52. The van der Waals surface area contributed by atoms with Crippen LogP contribution in [-0.2, 0) is 0 Å². The number of nitrogens with one attached hydrogen (secondary N) is 1. The van der Waals surface area contributed by atoms with E-state index >= 15 is 0 Å². The summed E-state index contributed by atoms with van der Waals surface area (Å²) in [7, 11) is 0. The first-order chi connectivity index (χ1) is 8.42. The van der Waals surface area contributed by atoms with Crippen molar-refractivity contribution in [2.75, 3.05) is 0 Å². The van der Waals surface area contributed by atoms with E-state index in [9.17, 15) is 15.3 Å². The maximum absolute atomic E-state index is 12.2. The summed E-state index contributed by atoms with van der Waals surface area (Å²) in [6.07, 6.45) is 4.22. The molecule has 6 heteroatoms. The Morgan fingerprint density at radius 2 is 2.11 bits per heavy atom. The zero-order valence-electron chi connectivity index (χ0n) is 10.1. The number of nitro groups is 1. The molecule has 1 aliphatic heterocycles. The van der Waals surface area contributed by atoms with Gasteiger partial charge in [-0.15, -0.1) is 0 Å². The molecule has 1 N–H and O–H groups in total. The first-order valence-corrected chi connectivity index (χ1v) is 5.47. The van der Waals surface area contributed by atoms with Crippen LogP contribution in [0, 0.1) is 15.3 Å². The van der Waals surface area contributed by atoms with Crippen LogP contribution in [-0.4, -0.2) is 15.4 Å². The number of hydrogen-bond donors (Lipinski definition) is 1. The lowest BCUT2D eigenvalue weighted by Crippen LogP contribution is -3.13. The lowest BCUT2D eigenvalue weighted by Gasteiger charge is -2.38. The van der Waals surface area contributed by atoms with Crippen LogP contribution in [0.5, 0.6) is 0 Å². The molecule has 0 spiro atoms. The highest BCUT2D eigenvalue weighted by Gasteiger charge is 2.35. The minimum Gasteiger partial charge on any atom is -0.628 e. The first kappa shape index (κ1) is 12.4. The van der Waals surface area contributed by atoms with Crippen molar-refractivity contribution in [1.82, 2.24) is 4.98 Å². The van der Waals surface area contributed by atoms with Gasteiger partial charge in [0.1, 0.15) is 11.2 Å². The van der Waals surface area contributed by atoms with Gasteiger partial charge in [0.25, 0.3) is 5.70 Å². The van der Waals surface area contributed by atoms with Gasteiger partial charge in [-0.2, -0.15) is 0 Å². The molecule has 1 atom stereocenters. The molecular weight excluding hydrogens is 234 g/mol. The van der Waals surface area contributed by atoms with Gasteiger partial charge >= 0.3 is 0 Å². The van der Waals surface area contributed by atoms with E-state index in [2.05, 4.69) is 4.98 Å². The Labute approximate surface area is 104 Å². The predicted octanol–water partition coefficient (Wildman–Crippen LogP) is 0.758. The van der Waals surface area contributed by atoms with Gasteiger partial charge in [0, 0.05) is 6.20 Å². The molecule has 1 unspecified atom stereocenters. The molecule has 94 valence electrons. The van der Waals surface area contributed by atoms with Crippen molar-refractivity contribution in [2.24, 2.45) is 0 Å². The second-order valence-electron chi connectivity index (χ2n) is 4.65. The second kappa shape index (κ2) is 4.32. The highest BCUT2D eigenvalue weighted by atomic mass is 16.6. The summed E-state index contributed by atoms with van der Waals surface area (Å²) in [6.45, 7) is 3.32. The Morgan fingerprint density at radius 1 is 1.39 bits per heavy atom. The average molecular weight is 247 g/mol. The fourth-order valence-electron chi connectivity index (χ4n) is 1.86. The third-order valence-electron chi connectivity index (χ3n) is 2.78. The van der Waals surface area contributed by atoms with Gasteiger partial charge in [0.2, 0.25) is 0 Å². The summed E-state index contributed by atoms with van der Waals surface area (Å²) in [5.41, 5.74) is -0.206. The Morgan fingerprint density at radius 3 is 2.67 bits per heavy atom. The Kier molecular flexibility index (Phi) is 2.98. The van der Waals surface area contributed by atoms with E-state index in [-0.39, 0.29) is 16.5 Å². The molecule has 0 saturated heterocycles. The molecule has 18 heavy (non-hydrogen) atoms. The summed E-state index contributed by atoms with van der Waals surface area (Å²) in [4.78, 5) is 14.5. The van der Waals surface area contributed by atoms with E-state index in [1.165, 1.54) is 12.2 Å². The summed E-state index contributed by atoms with van der Waals surface area (Å²) in [5, 5.41) is 23.0. The maximum Gasteiger partial charge on any atom is 0.277 e. The van der Waals surface area contributed by atoms with Gasteiger partial charge < -0.3 is 10.3 Å². The van der Waals surface area contributed by atoms with Crippen LogP contribution >= 0.6 is 0 Å². The van der Waals surface area contributed by atoms with Crippen LogP contribution in [0.15, 0.2) is 42.2 Å². The number of hydrogen-bond acceptors (Lipinski definition) is 4. The number of rotatable bonds is 2. The van der Waals surface area contributed by atoms with Crippen LogP contribution in [0.4, 0.5) is 0 Å². The van der Waals surface area contributed by atoms with Gasteiger partial charge in [-0.3, -0.25) is 15.1 Å². The van der Waals surface area contributed by atoms with Crippen LogP contribution in [0.3, 0.4) is 0 Å². The molecular formula is C12H13N3O3. The van der Waals surface area contributed by atoms with Crippen molar-refractivity contribution in [3.63, 3.8) is 0 Å². The van der Waals surface area contributed by atoms with Crippen molar-refractivity contribution in [3.8, 4) is 0 Å². The fraction of sp³-hybridized carbons (Fsp3) is 0.250. The van der Waals surface area contributed by atoms with Crippen LogP contribution < -0.4 is 5.06 Å². The largest absolute Gasteiger partial charge is 0.628 e. The van der Waals surface area contributed by atoms with Crippen molar-refractivity contribution < 1.29 is 9.99 Å². The van der Waals surface area contributed by atoms with Gasteiger partial charge in [-0.1, -0.05) is 6.07 Å². The number of aromatic nitrogens is 1. The lowest BCUT2D eigenvalue weighted by atomic mass is 9.97. The maximum atomic E-state index is 12.2. The SMILES string of the molecule is CC1(C)C=C([N+](=O)[O-])C=C(c2ccccn2)[NH+]1[O-]. The van der Waals surface area contributed by atoms with Gasteiger partial charge in [-0.25, -0.2) is 0 Å². The Bertz CT molecular complexity index is 535. The number of quaternary nitrogens is 1. The molecule has 0 aromatic carbocycles. The van der Waals surface area contributed by atoms with E-state index in [1.807, 2.05) is 0 Å². The smallest absolute Gasteiger partial charge is 0.277 e. The second-order valence-corrected chi connectivity index (χ2v) is 4.65.